The Morgan fingerprint density at radius 2 is 1.83 bits per heavy atom. The molecule has 1 N–H and O–H groups in total. The smallest absolute Gasteiger partial charge is 0.336 e. The standard InChI is InChI=1S/C16H17Cl2F3N2O/c1-9-7-22-13(10-4-11(17)6-12(18)5-10)8-23(9)14(24)15(2-3-15)16(19,20)21/h4-6,9,13,22H,2-3,7-8H2,1H3/t9-,13?/m1/s1. The third-order valence-electron chi connectivity index (χ3n) is 4.82. The fourth-order valence-corrected chi connectivity index (χ4v) is 3.71. The second-order valence-corrected chi connectivity index (χ2v) is 7.42. The summed E-state index contributed by atoms with van der Waals surface area (Å²) in [5.74, 6) is -0.817. The number of benzene rings is 1. The zero-order valence-electron chi connectivity index (χ0n) is 13.0. The molecule has 24 heavy (non-hydrogen) atoms. The first-order valence-electron chi connectivity index (χ1n) is 7.71. The SMILES string of the molecule is C[C@@H]1CNC(c2cc(Cl)cc(Cl)c2)CN1C(=O)C1(C(F)(F)F)CC1. The number of nitrogens with zero attached hydrogens (tertiary/aromatic N) is 1. The van der Waals surface area contributed by atoms with Gasteiger partial charge in [-0.05, 0) is 43.5 Å². The highest BCUT2D eigenvalue weighted by atomic mass is 35.5. The fraction of sp³-hybridized carbons (Fsp3) is 0.562. The van der Waals surface area contributed by atoms with Gasteiger partial charge < -0.3 is 10.2 Å². The Balaban J connectivity index is 1.83. The molecule has 1 unspecified atom stereocenters. The van der Waals surface area contributed by atoms with Crippen LogP contribution in [0.5, 0.6) is 0 Å². The van der Waals surface area contributed by atoms with Crippen molar-refractivity contribution >= 4 is 29.1 Å². The van der Waals surface area contributed by atoms with Crippen molar-refractivity contribution in [3.05, 3.63) is 33.8 Å². The molecule has 1 saturated carbocycles. The lowest BCUT2D eigenvalue weighted by atomic mass is 9.98. The highest BCUT2D eigenvalue weighted by Crippen LogP contribution is 2.59. The second kappa shape index (κ2) is 6.07. The zero-order valence-corrected chi connectivity index (χ0v) is 14.5. The molecule has 1 aliphatic heterocycles. The predicted octanol–water partition coefficient (Wildman–Crippen LogP) is 4.20. The summed E-state index contributed by atoms with van der Waals surface area (Å²) in [6.45, 7) is 2.32. The van der Waals surface area contributed by atoms with Gasteiger partial charge in [-0.2, -0.15) is 13.2 Å². The van der Waals surface area contributed by atoms with Gasteiger partial charge in [0.05, 0.1) is 6.04 Å². The molecule has 2 fully saturated rings. The number of carbonyl (C=O) groups excluding carboxylic acids is 1. The Morgan fingerprint density at radius 3 is 2.33 bits per heavy atom. The lowest BCUT2D eigenvalue weighted by molar-refractivity contribution is -0.200. The molecule has 1 aromatic carbocycles. The molecule has 0 aromatic heterocycles. The summed E-state index contributed by atoms with van der Waals surface area (Å²) in [7, 11) is 0. The maximum atomic E-state index is 13.3. The maximum absolute atomic E-state index is 13.3. The van der Waals surface area contributed by atoms with Crippen molar-refractivity contribution in [2.75, 3.05) is 13.1 Å². The van der Waals surface area contributed by atoms with E-state index in [1.54, 1.807) is 25.1 Å². The van der Waals surface area contributed by atoms with Gasteiger partial charge >= 0.3 is 6.18 Å². The van der Waals surface area contributed by atoms with Crippen LogP contribution in [0, 0.1) is 5.41 Å². The second-order valence-electron chi connectivity index (χ2n) is 6.55. The summed E-state index contributed by atoms with van der Waals surface area (Å²) >= 11 is 12.0. The van der Waals surface area contributed by atoms with Crippen LogP contribution in [-0.2, 0) is 4.79 Å². The summed E-state index contributed by atoms with van der Waals surface area (Å²) in [5.41, 5.74) is -1.43. The Labute approximate surface area is 148 Å². The number of alkyl halides is 3. The monoisotopic (exact) mass is 380 g/mol. The minimum Gasteiger partial charge on any atom is -0.336 e. The third-order valence-corrected chi connectivity index (χ3v) is 5.26. The van der Waals surface area contributed by atoms with Gasteiger partial charge in [-0.3, -0.25) is 4.79 Å². The molecular formula is C16H17Cl2F3N2O. The summed E-state index contributed by atoms with van der Waals surface area (Å²) in [5, 5.41) is 4.14. The number of carbonyl (C=O) groups is 1. The first-order chi connectivity index (χ1) is 11.1. The molecule has 1 amide bonds. The topological polar surface area (TPSA) is 32.3 Å². The first kappa shape index (κ1) is 17.8. The molecule has 3 nitrogen and oxygen atoms in total. The van der Waals surface area contributed by atoms with Gasteiger partial charge in [-0.25, -0.2) is 0 Å². The van der Waals surface area contributed by atoms with Gasteiger partial charge in [0.25, 0.3) is 0 Å². The van der Waals surface area contributed by atoms with E-state index < -0.39 is 17.5 Å². The quantitative estimate of drug-likeness (QED) is 0.833. The van der Waals surface area contributed by atoms with E-state index in [-0.39, 0.29) is 31.5 Å². The first-order valence-corrected chi connectivity index (χ1v) is 8.47. The number of piperazine rings is 1. The van der Waals surface area contributed by atoms with Crippen LogP contribution >= 0.6 is 23.2 Å². The Hall–Kier alpha value is -0.980. The Morgan fingerprint density at radius 1 is 1.25 bits per heavy atom. The molecule has 1 heterocycles. The average Bonchev–Trinajstić information content (AvgIpc) is 3.27. The molecule has 132 valence electrons. The van der Waals surface area contributed by atoms with Crippen molar-refractivity contribution < 1.29 is 18.0 Å². The van der Waals surface area contributed by atoms with Gasteiger partial charge in [0.15, 0.2) is 0 Å². The maximum Gasteiger partial charge on any atom is 0.403 e. The van der Waals surface area contributed by atoms with E-state index in [2.05, 4.69) is 5.32 Å². The zero-order chi connectivity index (χ0) is 17.7. The summed E-state index contributed by atoms with van der Waals surface area (Å²) < 4.78 is 39.8. The molecule has 1 aliphatic carbocycles. The normalized spacial score (nSPS) is 26.3. The van der Waals surface area contributed by atoms with Crippen molar-refractivity contribution in [3.63, 3.8) is 0 Å². The predicted molar refractivity (Wildman–Crippen MR) is 86.1 cm³/mol. The number of hydrogen-bond donors (Lipinski definition) is 1. The average molecular weight is 381 g/mol. The van der Waals surface area contributed by atoms with Crippen LogP contribution in [0.1, 0.15) is 31.4 Å². The number of nitrogens with one attached hydrogen (secondary N) is 1. The summed E-state index contributed by atoms with van der Waals surface area (Å²) in [6.07, 6.45) is -4.75. The van der Waals surface area contributed by atoms with E-state index in [9.17, 15) is 18.0 Å². The van der Waals surface area contributed by atoms with Gasteiger partial charge in [0, 0.05) is 29.2 Å². The van der Waals surface area contributed by atoms with Gasteiger partial charge in [0.2, 0.25) is 5.91 Å². The molecule has 3 rings (SSSR count). The van der Waals surface area contributed by atoms with Crippen LogP contribution in [0.4, 0.5) is 13.2 Å². The molecule has 1 saturated heterocycles. The minimum absolute atomic E-state index is 0.125. The van der Waals surface area contributed by atoms with Crippen molar-refractivity contribution in [1.82, 2.24) is 10.2 Å². The van der Waals surface area contributed by atoms with Crippen LogP contribution in [0.2, 0.25) is 10.0 Å². The van der Waals surface area contributed by atoms with Crippen LogP contribution in [0.25, 0.3) is 0 Å². The van der Waals surface area contributed by atoms with E-state index in [1.807, 2.05) is 0 Å². The number of amides is 1. The summed E-state index contributed by atoms with van der Waals surface area (Å²) in [4.78, 5) is 13.9. The van der Waals surface area contributed by atoms with Gasteiger partial charge in [-0.15, -0.1) is 0 Å². The number of hydrogen-bond acceptors (Lipinski definition) is 2. The van der Waals surface area contributed by atoms with E-state index in [0.717, 1.165) is 5.56 Å². The largest absolute Gasteiger partial charge is 0.403 e. The lowest BCUT2D eigenvalue weighted by Gasteiger charge is -2.41. The van der Waals surface area contributed by atoms with Crippen molar-refractivity contribution in [3.8, 4) is 0 Å². The van der Waals surface area contributed by atoms with Crippen molar-refractivity contribution in [2.45, 2.75) is 38.0 Å². The Bertz CT molecular complexity index is 641. The van der Waals surface area contributed by atoms with E-state index >= 15 is 0 Å². The minimum atomic E-state index is -4.50. The van der Waals surface area contributed by atoms with E-state index in [0.29, 0.717) is 16.6 Å². The molecule has 2 aliphatic rings. The van der Waals surface area contributed by atoms with Crippen molar-refractivity contribution in [2.24, 2.45) is 5.41 Å². The molecule has 1 aromatic rings. The van der Waals surface area contributed by atoms with E-state index in [4.69, 9.17) is 23.2 Å². The van der Waals surface area contributed by atoms with Crippen LogP contribution in [0.15, 0.2) is 18.2 Å². The molecule has 8 heteroatoms. The van der Waals surface area contributed by atoms with Crippen LogP contribution < -0.4 is 5.32 Å². The Kier molecular flexibility index (Phi) is 4.51. The highest BCUT2D eigenvalue weighted by Gasteiger charge is 2.69. The van der Waals surface area contributed by atoms with Crippen LogP contribution in [0.3, 0.4) is 0 Å². The number of halogens is 5. The lowest BCUT2D eigenvalue weighted by Crippen LogP contribution is -2.57. The van der Waals surface area contributed by atoms with Crippen molar-refractivity contribution in [1.29, 1.82) is 0 Å². The van der Waals surface area contributed by atoms with E-state index in [1.165, 1.54) is 4.90 Å². The third kappa shape index (κ3) is 3.11. The number of rotatable bonds is 2. The molecule has 2 atom stereocenters. The van der Waals surface area contributed by atoms with Gasteiger partial charge in [0.1, 0.15) is 5.41 Å². The molecule has 0 radical (unpaired) electrons. The van der Waals surface area contributed by atoms with Gasteiger partial charge in [-0.1, -0.05) is 23.2 Å². The highest BCUT2D eigenvalue weighted by molar-refractivity contribution is 6.34. The molecule has 0 bridgehead atoms. The molecular weight excluding hydrogens is 364 g/mol. The van der Waals surface area contributed by atoms with Crippen LogP contribution in [-0.4, -0.2) is 36.1 Å². The molecule has 0 spiro atoms. The summed E-state index contributed by atoms with van der Waals surface area (Å²) in [6, 6.07) is 4.40. The fourth-order valence-electron chi connectivity index (χ4n) is 3.17.